The van der Waals surface area contributed by atoms with Crippen LogP contribution in [0.15, 0.2) is 27.6 Å². The second kappa shape index (κ2) is 5.44. The Bertz CT molecular complexity index is 433. The summed E-state index contributed by atoms with van der Waals surface area (Å²) < 4.78 is 1.07. The highest BCUT2D eigenvalue weighted by Gasteiger charge is 2.24. The van der Waals surface area contributed by atoms with Gasteiger partial charge < -0.3 is 4.90 Å². The van der Waals surface area contributed by atoms with Gasteiger partial charge in [-0.1, -0.05) is 29.8 Å². The maximum atomic E-state index is 11.9. The molecule has 1 aliphatic rings. The van der Waals surface area contributed by atoms with Crippen LogP contribution in [0.5, 0.6) is 0 Å². The Morgan fingerprint density at radius 3 is 2.94 bits per heavy atom. The van der Waals surface area contributed by atoms with Crippen LogP contribution in [0, 0.1) is 5.92 Å². The first kappa shape index (κ1) is 13.0. The number of anilines is 1. The van der Waals surface area contributed by atoms with Gasteiger partial charge in [0.05, 0.1) is 11.4 Å². The molecule has 17 heavy (non-hydrogen) atoms. The lowest BCUT2D eigenvalue weighted by molar-refractivity contribution is -0.116. The molecule has 2 rings (SSSR count). The third-order valence-electron chi connectivity index (χ3n) is 2.79. The van der Waals surface area contributed by atoms with E-state index in [1.807, 2.05) is 17.0 Å². The SMILES string of the molecule is CC(C)CCN1C(=O)CSc2cc(Br)ccc21. The van der Waals surface area contributed by atoms with E-state index < -0.39 is 0 Å². The first-order valence-electron chi connectivity index (χ1n) is 5.80. The molecule has 92 valence electrons. The van der Waals surface area contributed by atoms with E-state index in [2.05, 4.69) is 35.8 Å². The molecule has 4 heteroatoms. The molecule has 1 aliphatic heterocycles. The lowest BCUT2D eigenvalue weighted by Crippen LogP contribution is -2.36. The number of halogens is 1. The second-order valence-corrected chi connectivity index (χ2v) is 6.56. The Balaban J connectivity index is 2.24. The van der Waals surface area contributed by atoms with Gasteiger partial charge in [-0.3, -0.25) is 4.79 Å². The molecule has 2 nitrogen and oxygen atoms in total. The third kappa shape index (κ3) is 3.05. The topological polar surface area (TPSA) is 20.3 Å². The first-order chi connectivity index (χ1) is 8.08. The molecular weight excluding hydrogens is 298 g/mol. The Hall–Kier alpha value is -0.480. The van der Waals surface area contributed by atoms with E-state index in [4.69, 9.17) is 0 Å². The van der Waals surface area contributed by atoms with E-state index in [0.29, 0.717) is 11.7 Å². The van der Waals surface area contributed by atoms with Crippen molar-refractivity contribution in [3.8, 4) is 0 Å². The van der Waals surface area contributed by atoms with Crippen LogP contribution >= 0.6 is 27.7 Å². The molecule has 0 radical (unpaired) electrons. The van der Waals surface area contributed by atoms with Crippen molar-refractivity contribution in [3.63, 3.8) is 0 Å². The normalized spacial score (nSPS) is 15.3. The fourth-order valence-electron chi connectivity index (χ4n) is 1.81. The van der Waals surface area contributed by atoms with Crippen molar-refractivity contribution in [1.29, 1.82) is 0 Å². The maximum Gasteiger partial charge on any atom is 0.237 e. The van der Waals surface area contributed by atoms with Crippen molar-refractivity contribution in [3.05, 3.63) is 22.7 Å². The van der Waals surface area contributed by atoms with E-state index in [1.54, 1.807) is 11.8 Å². The summed E-state index contributed by atoms with van der Waals surface area (Å²) in [5.41, 5.74) is 1.06. The summed E-state index contributed by atoms with van der Waals surface area (Å²) in [4.78, 5) is 15.1. The number of rotatable bonds is 3. The average molecular weight is 314 g/mol. The average Bonchev–Trinajstić information content (AvgIpc) is 2.27. The standard InChI is InChI=1S/C13H16BrNOS/c1-9(2)5-6-15-11-4-3-10(14)7-12(11)17-8-13(15)16/h3-4,7,9H,5-6,8H2,1-2H3. The fraction of sp³-hybridized carbons (Fsp3) is 0.462. The van der Waals surface area contributed by atoms with E-state index in [9.17, 15) is 4.79 Å². The molecule has 0 atom stereocenters. The van der Waals surface area contributed by atoms with Crippen LogP contribution in [0.25, 0.3) is 0 Å². The van der Waals surface area contributed by atoms with Crippen LogP contribution in [0.2, 0.25) is 0 Å². The molecule has 0 aliphatic carbocycles. The van der Waals surface area contributed by atoms with Crippen molar-refractivity contribution < 1.29 is 4.79 Å². The Morgan fingerprint density at radius 2 is 2.24 bits per heavy atom. The summed E-state index contributed by atoms with van der Waals surface area (Å²) in [7, 11) is 0. The molecule has 0 fully saturated rings. The number of nitrogens with zero attached hydrogens (tertiary/aromatic N) is 1. The first-order valence-corrected chi connectivity index (χ1v) is 7.58. The van der Waals surface area contributed by atoms with E-state index >= 15 is 0 Å². The zero-order chi connectivity index (χ0) is 12.4. The van der Waals surface area contributed by atoms with Gasteiger partial charge in [-0.05, 0) is 30.5 Å². The molecule has 0 spiro atoms. The monoisotopic (exact) mass is 313 g/mol. The number of hydrogen-bond donors (Lipinski definition) is 0. The summed E-state index contributed by atoms with van der Waals surface area (Å²) in [6.45, 7) is 5.20. The molecule has 0 saturated carbocycles. The number of benzene rings is 1. The van der Waals surface area contributed by atoms with Crippen LogP contribution in [-0.4, -0.2) is 18.2 Å². The van der Waals surface area contributed by atoms with Gasteiger partial charge >= 0.3 is 0 Å². The quantitative estimate of drug-likeness (QED) is 0.842. The molecule has 0 unspecified atom stereocenters. The Morgan fingerprint density at radius 1 is 1.47 bits per heavy atom. The van der Waals surface area contributed by atoms with E-state index in [0.717, 1.165) is 23.1 Å². The highest BCUT2D eigenvalue weighted by molar-refractivity contribution is 9.10. The van der Waals surface area contributed by atoms with Crippen LogP contribution in [0.3, 0.4) is 0 Å². The van der Waals surface area contributed by atoms with Gasteiger partial charge in [-0.15, -0.1) is 11.8 Å². The number of amides is 1. The van der Waals surface area contributed by atoms with Crippen molar-refractivity contribution in [2.75, 3.05) is 17.2 Å². The van der Waals surface area contributed by atoms with Crippen LogP contribution in [0.1, 0.15) is 20.3 Å². The molecule has 1 amide bonds. The van der Waals surface area contributed by atoms with Crippen molar-refractivity contribution in [1.82, 2.24) is 0 Å². The fourth-order valence-corrected chi connectivity index (χ4v) is 3.29. The molecule has 0 N–H and O–H groups in total. The number of hydrogen-bond acceptors (Lipinski definition) is 2. The highest BCUT2D eigenvalue weighted by atomic mass is 79.9. The van der Waals surface area contributed by atoms with E-state index in [-0.39, 0.29) is 5.91 Å². The third-order valence-corrected chi connectivity index (χ3v) is 4.32. The van der Waals surface area contributed by atoms with Gasteiger partial charge in [0.25, 0.3) is 0 Å². The second-order valence-electron chi connectivity index (χ2n) is 4.63. The molecule has 0 saturated heterocycles. The molecule has 0 aromatic heterocycles. The smallest absolute Gasteiger partial charge is 0.237 e. The number of thioether (sulfide) groups is 1. The Labute approximate surface area is 115 Å². The predicted octanol–water partition coefficient (Wildman–Crippen LogP) is 3.93. The summed E-state index contributed by atoms with van der Waals surface area (Å²) in [6.07, 6.45) is 1.05. The molecule has 0 bridgehead atoms. The van der Waals surface area contributed by atoms with Crippen molar-refractivity contribution in [2.24, 2.45) is 5.92 Å². The minimum Gasteiger partial charge on any atom is -0.311 e. The lowest BCUT2D eigenvalue weighted by Gasteiger charge is -2.29. The maximum absolute atomic E-state index is 11.9. The number of carbonyl (C=O) groups excluding carboxylic acids is 1. The predicted molar refractivity (Wildman–Crippen MR) is 76.7 cm³/mol. The van der Waals surface area contributed by atoms with E-state index in [1.165, 1.54) is 4.90 Å². The molecular formula is C13H16BrNOS. The number of carbonyl (C=O) groups is 1. The number of fused-ring (bicyclic) bond motifs is 1. The summed E-state index contributed by atoms with van der Waals surface area (Å²) in [6, 6.07) is 6.12. The summed E-state index contributed by atoms with van der Waals surface area (Å²) in [5, 5.41) is 0. The molecule has 1 heterocycles. The van der Waals surface area contributed by atoms with Crippen molar-refractivity contribution in [2.45, 2.75) is 25.2 Å². The molecule has 1 aromatic rings. The van der Waals surface area contributed by atoms with Crippen molar-refractivity contribution >= 4 is 39.3 Å². The highest BCUT2D eigenvalue weighted by Crippen LogP contribution is 2.37. The van der Waals surface area contributed by atoms with Gasteiger partial charge in [0.2, 0.25) is 5.91 Å². The summed E-state index contributed by atoms with van der Waals surface area (Å²) in [5.74, 6) is 1.41. The zero-order valence-electron chi connectivity index (χ0n) is 10.1. The van der Waals surface area contributed by atoms with Crippen LogP contribution in [0.4, 0.5) is 5.69 Å². The van der Waals surface area contributed by atoms with Gasteiger partial charge in [0, 0.05) is 15.9 Å². The summed E-state index contributed by atoms with van der Waals surface area (Å²) >= 11 is 5.10. The van der Waals surface area contributed by atoms with Crippen LogP contribution in [-0.2, 0) is 4.79 Å². The minimum atomic E-state index is 0.227. The lowest BCUT2D eigenvalue weighted by atomic mass is 10.1. The Kier molecular flexibility index (Phi) is 4.15. The minimum absolute atomic E-state index is 0.227. The van der Waals surface area contributed by atoms with Crippen LogP contribution < -0.4 is 4.90 Å². The largest absolute Gasteiger partial charge is 0.311 e. The van der Waals surface area contributed by atoms with Gasteiger partial charge in [-0.25, -0.2) is 0 Å². The molecule has 1 aromatic carbocycles. The van der Waals surface area contributed by atoms with Gasteiger partial charge in [-0.2, -0.15) is 0 Å². The van der Waals surface area contributed by atoms with Gasteiger partial charge in [0.1, 0.15) is 0 Å². The zero-order valence-corrected chi connectivity index (χ0v) is 12.5. The van der Waals surface area contributed by atoms with Gasteiger partial charge in [0.15, 0.2) is 0 Å².